The van der Waals surface area contributed by atoms with E-state index in [-0.39, 0.29) is 5.82 Å². The Labute approximate surface area is 148 Å². The van der Waals surface area contributed by atoms with Gasteiger partial charge in [0.1, 0.15) is 5.82 Å². The minimum atomic E-state index is -0.149. The maximum absolute atomic E-state index is 13.1. The zero-order valence-corrected chi connectivity index (χ0v) is 15.7. The van der Waals surface area contributed by atoms with E-state index in [1.165, 1.54) is 56.9 Å². The van der Waals surface area contributed by atoms with Gasteiger partial charge in [-0.2, -0.15) is 0 Å². The van der Waals surface area contributed by atoms with Crippen LogP contribution in [-0.4, -0.2) is 0 Å². The molecule has 0 saturated carbocycles. The fraction of sp³-hybridized carbons (Fsp3) is 0.565. The highest BCUT2D eigenvalue weighted by atomic mass is 19.1. The lowest BCUT2D eigenvalue weighted by Crippen LogP contribution is -1.96. The molecule has 24 heavy (non-hydrogen) atoms. The summed E-state index contributed by atoms with van der Waals surface area (Å²) in [6, 6.07) is 5.04. The van der Waals surface area contributed by atoms with Crippen molar-refractivity contribution < 1.29 is 4.39 Å². The smallest absolute Gasteiger partial charge is 0.123 e. The SMILES string of the molecule is C=CC(CC/C=C/Cc1ccc(F)cc1C)CCCCCCCC. The van der Waals surface area contributed by atoms with Crippen LogP contribution in [0.25, 0.3) is 0 Å². The van der Waals surface area contributed by atoms with Gasteiger partial charge in [-0.15, -0.1) is 6.58 Å². The summed E-state index contributed by atoms with van der Waals surface area (Å²) in [6.07, 6.45) is 19.2. The lowest BCUT2D eigenvalue weighted by atomic mass is 9.95. The number of rotatable bonds is 13. The summed E-state index contributed by atoms with van der Waals surface area (Å²) in [4.78, 5) is 0. The summed E-state index contributed by atoms with van der Waals surface area (Å²) in [5.41, 5.74) is 2.24. The first-order chi connectivity index (χ1) is 11.7. The van der Waals surface area contributed by atoms with E-state index in [1.807, 2.05) is 13.0 Å². The second-order valence-electron chi connectivity index (χ2n) is 6.88. The van der Waals surface area contributed by atoms with Gasteiger partial charge in [0.2, 0.25) is 0 Å². The number of allylic oxidation sites excluding steroid dienone is 3. The molecule has 0 radical (unpaired) electrons. The van der Waals surface area contributed by atoms with E-state index in [9.17, 15) is 4.39 Å². The first kappa shape index (κ1) is 20.7. The van der Waals surface area contributed by atoms with Crippen LogP contribution in [0.3, 0.4) is 0 Å². The zero-order chi connectivity index (χ0) is 17.6. The van der Waals surface area contributed by atoms with Crippen LogP contribution in [0.15, 0.2) is 43.0 Å². The summed E-state index contributed by atoms with van der Waals surface area (Å²) in [7, 11) is 0. The minimum Gasteiger partial charge on any atom is -0.207 e. The van der Waals surface area contributed by atoms with E-state index < -0.39 is 0 Å². The van der Waals surface area contributed by atoms with E-state index in [1.54, 1.807) is 12.1 Å². The van der Waals surface area contributed by atoms with E-state index in [0.29, 0.717) is 5.92 Å². The highest BCUT2D eigenvalue weighted by Crippen LogP contribution is 2.18. The average molecular weight is 331 g/mol. The number of aryl methyl sites for hydroxylation is 1. The van der Waals surface area contributed by atoms with Crippen molar-refractivity contribution in [2.75, 3.05) is 0 Å². The van der Waals surface area contributed by atoms with Crippen molar-refractivity contribution >= 4 is 0 Å². The van der Waals surface area contributed by atoms with Gasteiger partial charge in [-0.05, 0) is 61.8 Å². The average Bonchev–Trinajstić information content (AvgIpc) is 2.57. The molecule has 0 aliphatic carbocycles. The Morgan fingerprint density at radius 3 is 2.50 bits per heavy atom. The van der Waals surface area contributed by atoms with Crippen molar-refractivity contribution in [2.45, 2.75) is 78.1 Å². The minimum absolute atomic E-state index is 0.149. The highest BCUT2D eigenvalue weighted by molar-refractivity contribution is 5.28. The number of unbranched alkanes of at least 4 members (excludes halogenated alkanes) is 5. The maximum atomic E-state index is 13.1. The lowest BCUT2D eigenvalue weighted by molar-refractivity contribution is 0.497. The Bertz CT molecular complexity index is 487. The quantitative estimate of drug-likeness (QED) is 0.258. The molecule has 0 heterocycles. The molecule has 0 aliphatic rings. The van der Waals surface area contributed by atoms with Crippen LogP contribution in [0, 0.1) is 18.7 Å². The number of hydrogen-bond acceptors (Lipinski definition) is 0. The molecule has 0 fully saturated rings. The third-order valence-electron chi connectivity index (χ3n) is 4.77. The normalized spacial score (nSPS) is 12.6. The topological polar surface area (TPSA) is 0 Å². The summed E-state index contributed by atoms with van der Waals surface area (Å²) >= 11 is 0. The van der Waals surface area contributed by atoms with Crippen LogP contribution in [-0.2, 0) is 6.42 Å². The van der Waals surface area contributed by atoms with E-state index >= 15 is 0 Å². The maximum Gasteiger partial charge on any atom is 0.123 e. The van der Waals surface area contributed by atoms with Crippen LogP contribution in [0.1, 0.15) is 75.8 Å². The van der Waals surface area contributed by atoms with Gasteiger partial charge in [0.15, 0.2) is 0 Å². The molecule has 0 aliphatic heterocycles. The van der Waals surface area contributed by atoms with Crippen molar-refractivity contribution in [2.24, 2.45) is 5.92 Å². The summed E-state index contributed by atoms with van der Waals surface area (Å²) < 4.78 is 13.1. The molecular weight excluding hydrogens is 295 g/mol. The molecule has 0 bridgehead atoms. The van der Waals surface area contributed by atoms with Gasteiger partial charge in [0.25, 0.3) is 0 Å². The Morgan fingerprint density at radius 2 is 1.79 bits per heavy atom. The number of halogens is 1. The standard InChI is InChI=1S/C23H35F/c1-4-6-7-8-9-11-14-21(5-2)15-12-10-13-16-22-17-18-23(24)19-20(22)3/h5,10,13,17-19,21H,2,4,6-9,11-12,14-16H2,1,3H3/b13-10+. The molecule has 0 nitrogen and oxygen atoms in total. The van der Waals surface area contributed by atoms with Crippen molar-refractivity contribution in [3.05, 3.63) is 60.0 Å². The molecule has 1 atom stereocenters. The molecule has 1 aromatic rings. The third kappa shape index (κ3) is 9.05. The summed E-state index contributed by atoms with van der Waals surface area (Å²) in [5, 5.41) is 0. The fourth-order valence-electron chi connectivity index (χ4n) is 3.09. The fourth-order valence-corrected chi connectivity index (χ4v) is 3.09. The van der Waals surface area contributed by atoms with E-state index in [2.05, 4.69) is 31.7 Å². The zero-order valence-electron chi connectivity index (χ0n) is 15.7. The van der Waals surface area contributed by atoms with E-state index in [4.69, 9.17) is 0 Å². The largest absolute Gasteiger partial charge is 0.207 e. The van der Waals surface area contributed by atoms with Crippen LogP contribution < -0.4 is 0 Å². The second-order valence-corrected chi connectivity index (χ2v) is 6.88. The van der Waals surface area contributed by atoms with Crippen LogP contribution in [0.2, 0.25) is 0 Å². The predicted octanol–water partition coefficient (Wildman–Crippen LogP) is 7.57. The lowest BCUT2D eigenvalue weighted by Gasteiger charge is -2.10. The molecule has 1 rings (SSSR count). The molecule has 134 valence electrons. The highest BCUT2D eigenvalue weighted by Gasteiger charge is 2.03. The van der Waals surface area contributed by atoms with Crippen molar-refractivity contribution in [3.8, 4) is 0 Å². The predicted molar refractivity (Wildman–Crippen MR) is 105 cm³/mol. The van der Waals surface area contributed by atoms with Crippen LogP contribution >= 0.6 is 0 Å². The monoisotopic (exact) mass is 330 g/mol. The third-order valence-corrected chi connectivity index (χ3v) is 4.77. The van der Waals surface area contributed by atoms with Crippen molar-refractivity contribution in [1.29, 1.82) is 0 Å². The van der Waals surface area contributed by atoms with Gasteiger partial charge in [0.05, 0.1) is 0 Å². The first-order valence-corrected chi connectivity index (χ1v) is 9.70. The summed E-state index contributed by atoms with van der Waals surface area (Å²) in [6.45, 7) is 8.23. The molecule has 0 amide bonds. The number of hydrogen-bond donors (Lipinski definition) is 0. The van der Waals surface area contributed by atoms with Gasteiger partial charge in [0, 0.05) is 0 Å². The Kier molecular flexibility index (Phi) is 11.2. The van der Waals surface area contributed by atoms with Crippen molar-refractivity contribution in [3.63, 3.8) is 0 Å². The van der Waals surface area contributed by atoms with Gasteiger partial charge < -0.3 is 0 Å². The van der Waals surface area contributed by atoms with Gasteiger partial charge in [-0.25, -0.2) is 4.39 Å². The van der Waals surface area contributed by atoms with E-state index in [0.717, 1.165) is 18.4 Å². The molecule has 0 N–H and O–H groups in total. The molecule has 0 aromatic heterocycles. The summed E-state index contributed by atoms with van der Waals surface area (Å²) in [5.74, 6) is 0.497. The molecule has 1 aromatic carbocycles. The first-order valence-electron chi connectivity index (χ1n) is 9.70. The molecule has 0 spiro atoms. The van der Waals surface area contributed by atoms with Crippen LogP contribution in [0.4, 0.5) is 4.39 Å². The number of benzene rings is 1. The molecular formula is C23H35F. The molecule has 0 saturated heterocycles. The molecule has 1 unspecified atom stereocenters. The van der Waals surface area contributed by atoms with Gasteiger partial charge >= 0.3 is 0 Å². The van der Waals surface area contributed by atoms with Crippen LogP contribution in [0.5, 0.6) is 0 Å². The Balaban J connectivity index is 2.17. The molecule has 1 heteroatoms. The van der Waals surface area contributed by atoms with Crippen molar-refractivity contribution in [1.82, 2.24) is 0 Å². The Morgan fingerprint density at radius 1 is 1.04 bits per heavy atom. The Hall–Kier alpha value is -1.37. The van der Waals surface area contributed by atoms with Gasteiger partial charge in [-0.1, -0.05) is 69.7 Å². The second kappa shape index (κ2) is 13.0. The van der Waals surface area contributed by atoms with Gasteiger partial charge in [-0.3, -0.25) is 0 Å².